The second-order valence-corrected chi connectivity index (χ2v) is 6.08. The molecule has 0 unspecified atom stereocenters. The molecule has 1 aliphatic rings. The minimum absolute atomic E-state index is 0.314. The van der Waals surface area contributed by atoms with Crippen molar-refractivity contribution in [3.63, 3.8) is 0 Å². The highest BCUT2D eigenvalue weighted by atomic mass is 19.1. The molecule has 1 fully saturated rings. The van der Waals surface area contributed by atoms with Gasteiger partial charge in [0.25, 0.3) is 0 Å². The van der Waals surface area contributed by atoms with Crippen molar-refractivity contribution in [1.82, 2.24) is 20.1 Å². The molecule has 0 bridgehead atoms. The van der Waals surface area contributed by atoms with Gasteiger partial charge in [0.05, 0.1) is 18.8 Å². The van der Waals surface area contributed by atoms with Gasteiger partial charge in [-0.2, -0.15) is 5.10 Å². The van der Waals surface area contributed by atoms with Crippen molar-refractivity contribution in [3.05, 3.63) is 59.9 Å². The lowest BCUT2D eigenvalue weighted by molar-refractivity contribution is 0.0342. The van der Waals surface area contributed by atoms with E-state index in [0.717, 1.165) is 38.4 Å². The Morgan fingerprint density at radius 3 is 2.76 bits per heavy atom. The zero-order valence-corrected chi connectivity index (χ0v) is 13.8. The van der Waals surface area contributed by atoms with Crippen molar-refractivity contribution in [2.75, 3.05) is 26.3 Å². The molecule has 1 aromatic heterocycles. The molecule has 1 N–H and O–H groups in total. The number of H-pyrrole nitrogens is 1. The standard InChI is InChI=1S/C19H19FN4O/c20-17-7-2-1-6-16(17)19-21-18(22-23-19)15-5-3-4-14(12-15)13-24-8-10-25-11-9-24/h1-7,12H,8-11,13H2,(H,21,22,23). The summed E-state index contributed by atoms with van der Waals surface area (Å²) in [4.78, 5) is 6.83. The van der Waals surface area contributed by atoms with Crippen LogP contribution in [0.5, 0.6) is 0 Å². The van der Waals surface area contributed by atoms with Crippen LogP contribution in [0.4, 0.5) is 4.39 Å². The lowest BCUT2D eigenvalue weighted by Gasteiger charge is -2.26. The van der Waals surface area contributed by atoms with Crippen LogP contribution in [0.1, 0.15) is 5.56 Å². The number of hydrogen-bond acceptors (Lipinski definition) is 4. The fraction of sp³-hybridized carbons (Fsp3) is 0.263. The second kappa shape index (κ2) is 7.13. The first kappa shape index (κ1) is 15.9. The lowest BCUT2D eigenvalue weighted by atomic mass is 10.1. The minimum atomic E-state index is -0.314. The van der Waals surface area contributed by atoms with Crippen molar-refractivity contribution in [3.8, 4) is 22.8 Å². The summed E-state index contributed by atoms with van der Waals surface area (Å²) in [5.41, 5.74) is 2.55. The molecule has 1 aliphatic heterocycles. The zero-order chi connectivity index (χ0) is 17.1. The van der Waals surface area contributed by atoms with Crippen LogP contribution in [-0.4, -0.2) is 46.4 Å². The van der Waals surface area contributed by atoms with Gasteiger partial charge < -0.3 is 4.74 Å². The van der Waals surface area contributed by atoms with Crippen LogP contribution in [0.25, 0.3) is 22.8 Å². The Kier molecular flexibility index (Phi) is 4.54. The second-order valence-electron chi connectivity index (χ2n) is 6.08. The summed E-state index contributed by atoms with van der Waals surface area (Å²) in [5.74, 6) is 0.694. The van der Waals surface area contributed by atoms with E-state index in [1.807, 2.05) is 12.1 Å². The van der Waals surface area contributed by atoms with Gasteiger partial charge in [-0.15, -0.1) is 0 Å². The number of ether oxygens (including phenoxy) is 1. The molecule has 6 heteroatoms. The van der Waals surface area contributed by atoms with Gasteiger partial charge in [-0.3, -0.25) is 10.00 Å². The maximum absolute atomic E-state index is 13.9. The van der Waals surface area contributed by atoms with E-state index in [1.54, 1.807) is 18.2 Å². The van der Waals surface area contributed by atoms with Crippen LogP contribution in [0.15, 0.2) is 48.5 Å². The van der Waals surface area contributed by atoms with Gasteiger partial charge in [0, 0.05) is 25.2 Å². The average molecular weight is 338 g/mol. The van der Waals surface area contributed by atoms with Crippen LogP contribution in [-0.2, 0) is 11.3 Å². The Morgan fingerprint density at radius 2 is 1.92 bits per heavy atom. The molecule has 3 aromatic rings. The highest BCUT2D eigenvalue weighted by molar-refractivity contribution is 5.62. The SMILES string of the molecule is Fc1ccccc1-c1nc(-c2cccc(CN3CCOCC3)c2)n[nH]1. The Labute approximate surface area is 145 Å². The molecule has 4 rings (SSSR count). The molecule has 2 heterocycles. The van der Waals surface area contributed by atoms with E-state index in [4.69, 9.17) is 4.74 Å². The summed E-state index contributed by atoms with van der Waals surface area (Å²) in [7, 11) is 0. The van der Waals surface area contributed by atoms with E-state index in [-0.39, 0.29) is 5.82 Å². The number of aromatic nitrogens is 3. The van der Waals surface area contributed by atoms with Crippen molar-refractivity contribution in [2.45, 2.75) is 6.54 Å². The monoisotopic (exact) mass is 338 g/mol. The highest BCUT2D eigenvalue weighted by Gasteiger charge is 2.13. The maximum Gasteiger partial charge on any atom is 0.181 e. The van der Waals surface area contributed by atoms with Gasteiger partial charge in [-0.1, -0.05) is 30.3 Å². The molecule has 0 atom stereocenters. The molecule has 0 radical (unpaired) electrons. The first-order valence-electron chi connectivity index (χ1n) is 8.36. The molecule has 2 aromatic carbocycles. The largest absolute Gasteiger partial charge is 0.379 e. The maximum atomic E-state index is 13.9. The van der Waals surface area contributed by atoms with E-state index in [9.17, 15) is 4.39 Å². The predicted molar refractivity (Wildman–Crippen MR) is 93.3 cm³/mol. The lowest BCUT2D eigenvalue weighted by Crippen LogP contribution is -2.35. The Morgan fingerprint density at radius 1 is 1.08 bits per heavy atom. The molecular formula is C19H19FN4O. The normalized spacial score (nSPS) is 15.4. The average Bonchev–Trinajstić information content (AvgIpc) is 3.13. The first-order chi connectivity index (χ1) is 12.3. The fourth-order valence-corrected chi connectivity index (χ4v) is 2.99. The van der Waals surface area contributed by atoms with Gasteiger partial charge in [-0.25, -0.2) is 9.37 Å². The van der Waals surface area contributed by atoms with Gasteiger partial charge in [0.2, 0.25) is 0 Å². The molecule has 25 heavy (non-hydrogen) atoms. The van der Waals surface area contributed by atoms with Crippen molar-refractivity contribution in [2.24, 2.45) is 0 Å². The number of benzene rings is 2. The van der Waals surface area contributed by atoms with Crippen LogP contribution < -0.4 is 0 Å². The van der Waals surface area contributed by atoms with E-state index >= 15 is 0 Å². The summed E-state index contributed by atoms with van der Waals surface area (Å²) in [6.07, 6.45) is 0. The number of aromatic amines is 1. The number of hydrogen-bond donors (Lipinski definition) is 1. The zero-order valence-electron chi connectivity index (χ0n) is 13.8. The summed E-state index contributed by atoms with van der Waals surface area (Å²) in [6, 6.07) is 14.7. The first-order valence-corrected chi connectivity index (χ1v) is 8.36. The van der Waals surface area contributed by atoms with Crippen LogP contribution in [0.2, 0.25) is 0 Å². The number of nitrogens with zero attached hydrogens (tertiary/aromatic N) is 3. The van der Waals surface area contributed by atoms with Gasteiger partial charge in [-0.05, 0) is 23.8 Å². The smallest absolute Gasteiger partial charge is 0.181 e. The third-order valence-electron chi connectivity index (χ3n) is 4.31. The molecule has 0 amide bonds. The number of morpholine rings is 1. The van der Waals surface area contributed by atoms with E-state index in [2.05, 4.69) is 32.2 Å². The van der Waals surface area contributed by atoms with Gasteiger partial charge in [0.1, 0.15) is 5.82 Å². The van der Waals surface area contributed by atoms with Crippen LogP contribution >= 0.6 is 0 Å². The summed E-state index contributed by atoms with van der Waals surface area (Å²) < 4.78 is 19.3. The minimum Gasteiger partial charge on any atom is -0.379 e. The number of nitrogens with one attached hydrogen (secondary N) is 1. The Bertz CT molecular complexity index is 858. The van der Waals surface area contributed by atoms with Crippen molar-refractivity contribution >= 4 is 0 Å². The van der Waals surface area contributed by atoms with E-state index in [1.165, 1.54) is 11.6 Å². The van der Waals surface area contributed by atoms with Crippen molar-refractivity contribution < 1.29 is 9.13 Å². The summed E-state index contributed by atoms with van der Waals surface area (Å²) >= 11 is 0. The molecule has 5 nitrogen and oxygen atoms in total. The van der Waals surface area contributed by atoms with Crippen LogP contribution in [0, 0.1) is 5.82 Å². The van der Waals surface area contributed by atoms with E-state index < -0.39 is 0 Å². The number of halogens is 1. The van der Waals surface area contributed by atoms with Gasteiger partial charge in [0.15, 0.2) is 11.6 Å². The highest BCUT2D eigenvalue weighted by Crippen LogP contribution is 2.23. The molecule has 1 saturated heterocycles. The Balaban J connectivity index is 1.56. The third kappa shape index (κ3) is 3.60. The van der Waals surface area contributed by atoms with E-state index in [0.29, 0.717) is 17.2 Å². The quantitative estimate of drug-likeness (QED) is 0.794. The summed E-state index contributed by atoms with van der Waals surface area (Å²) in [5, 5.41) is 7.09. The molecule has 0 aliphatic carbocycles. The molecule has 0 saturated carbocycles. The fourth-order valence-electron chi connectivity index (χ4n) is 2.99. The topological polar surface area (TPSA) is 54.0 Å². The molecule has 0 spiro atoms. The van der Waals surface area contributed by atoms with Crippen LogP contribution in [0.3, 0.4) is 0 Å². The number of rotatable bonds is 4. The van der Waals surface area contributed by atoms with Gasteiger partial charge >= 0.3 is 0 Å². The molecule has 128 valence electrons. The third-order valence-corrected chi connectivity index (χ3v) is 4.31. The van der Waals surface area contributed by atoms with Crippen molar-refractivity contribution in [1.29, 1.82) is 0 Å². The predicted octanol–water partition coefficient (Wildman–Crippen LogP) is 3.11. The summed E-state index contributed by atoms with van der Waals surface area (Å²) in [6.45, 7) is 4.34. The molecular weight excluding hydrogens is 319 g/mol. The Hall–Kier alpha value is -2.57.